The van der Waals surface area contributed by atoms with Crippen molar-refractivity contribution in [3.8, 4) is 11.5 Å². The molecule has 0 heterocycles. The number of nitrogens with zero attached hydrogens (tertiary/aromatic N) is 1. The molecule has 1 amide bonds. The molecule has 0 aliphatic heterocycles. The number of methoxy groups -OCH3 is 2. The van der Waals surface area contributed by atoms with Gasteiger partial charge in [0.1, 0.15) is 0 Å². The van der Waals surface area contributed by atoms with Crippen molar-refractivity contribution < 1.29 is 14.3 Å². The van der Waals surface area contributed by atoms with E-state index < -0.39 is 0 Å². The molecule has 1 aromatic carbocycles. The lowest BCUT2D eigenvalue weighted by molar-refractivity contribution is -0.131. The smallest absolute Gasteiger partial charge is 0.239 e. The Balaban J connectivity index is 2.77. The first-order chi connectivity index (χ1) is 9.94. The SMILES string of the molecule is CCN(C)C(=O)C(C)NCc1cc(OC)c(OC)cc1Br. The van der Waals surface area contributed by atoms with E-state index in [9.17, 15) is 4.79 Å². The molecule has 0 bridgehead atoms. The zero-order valence-corrected chi connectivity index (χ0v) is 14.8. The minimum absolute atomic E-state index is 0.0779. The Morgan fingerprint density at radius 1 is 1.33 bits per heavy atom. The second-order valence-corrected chi connectivity index (χ2v) is 5.61. The molecule has 0 aromatic heterocycles. The molecule has 0 aliphatic rings. The Labute approximate surface area is 134 Å². The quantitative estimate of drug-likeness (QED) is 0.813. The van der Waals surface area contributed by atoms with Crippen molar-refractivity contribution in [2.24, 2.45) is 0 Å². The van der Waals surface area contributed by atoms with Gasteiger partial charge in [-0.15, -0.1) is 0 Å². The Hall–Kier alpha value is -1.27. The summed E-state index contributed by atoms with van der Waals surface area (Å²) in [7, 11) is 5.00. The van der Waals surface area contributed by atoms with E-state index in [4.69, 9.17) is 9.47 Å². The number of hydrogen-bond acceptors (Lipinski definition) is 4. The number of ether oxygens (including phenoxy) is 2. The fourth-order valence-corrected chi connectivity index (χ4v) is 2.33. The second-order valence-electron chi connectivity index (χ2n) is 4.75. The topological polar surface area (TPSA) is 50.8 Å². The van der Waals surface area contributed by atoms with Crippen LogP contribution >= 0.6 is 15.9 Å². The predicted molar refractivity (Wildman–Crippen MR) is 86.9 cm³/mol. The van der Waals surface area contributed by atoms with Crippen molar-refractivity contribution >= 4 is 21.8 Å². The van der Waals surface area contributed by atoms with Crippen LogP contribution in [0.3, 0.4) is 0 Å². The van der Waals surface area contributed by atoms with Crippen molar-refractivity contribution in [2.45, 2.75) is 26.4 Å². The lowest BCUT2D eigenvalue weighted by atomic mass is 10.2. The molecule has 0 radical (unpaired) electrons. The van der Waals surface area contributed by atoms with Gasteiger partial charge in [-0.1, -0.05) is 15.9 Å². The van der Waals surface area contributed by atoms with Crippen LogP contribution in [0.2, 0.25) is 0 Å². The summed E-state index contributed by atoms with van der Waals surface area (Å²) >= 11 is 3.51. The number of nitrogens with one attached hydrogen (secondary N) is 1. The van der Waals surface area contributed by atoms with Gasteiger partial charge in [-0.05, 0) is 31.5 Å². The van der Waals surface area contributed by atoms with Crippen LogP contribution in [0.15, 0.2) is 16.6 Å². The highest BCUT2D eigenvalue weighted by atomic mass is 79.9. The number of likely N-dealkylation sites (N-methyl/N-ethyl adjacent to an activating group) is 1. The third-order valence-electron chi connectivity index (χ3n) is 3.37. The molecule has 6 heteroatoms. The number of carbonyl (C=O) groups is 1. The van der Waals surface area contributed by atoms with Gasteiger partial charge in [0.15, 0.2) is 11.5 Å². The van der Waals surface area contributed by atoms with Gasteiger partial charge in [-0.2, -0.15) is 0 Å². The molecule has 0 saturated heterocycles. The van der Waals surface area contributed by atoms with Crippen LogP contribution in [0.5, 0.6) is 11.5 Å². The van der Waals surface area contributed by atoms with Crippen LogP contribution in [-0.4, -0.2) is 44.7 Å². The van der Waals surface area contributed by atoms with E-state index in [0.29, 0.717) is 24.6 Å². The summed E-state index contributed by atoms with van der Waals surface area (Å²) in [5, 5.41) is 3.23. The Morgan fingerprint density at radius 2 is 1.90 bits per heavy atom. The highest BCUT2D eigenvalue weighted by Gasteiger charge is 2.16. The van der Waals surface area contributed by atoms with E-state index in [1.165, 1.54) is 0 Å². The average molecular weight is 359 g/mol. The molecule has 1 rings (SSSR count). The third-order valence-corrected chi connectivity index (χ3v) is 4.11. The van der Waals surface area contributed by atoms with Crippen LogP contribution in [-0.2, 0) is 11.3 Å². The Bertz CT molecular complexity index is 494. The maximum absolute atomic E-state index is 12.0. The number of amides is 1. The molecule has 21 heavy (non-hydrogen) atoms. The van der Waals surface area contributed by atoms with Crippen molar-refractivity contribution in [1.82, 2.24) is 10.2 Å². The fraction of sp³-hybridized carbons (Fsp3) is 0.533. The van der Waals surface area contributed by atoms with E-state index >= 15 is 0 Å². The second kappa shape index (κ2) is 8.24. The highest BCUT2D eigenvalue weighted by molar-refractivity contribution is 9.10. The predicted octanol–water partition coefficient (Wildman–Crippen LogP) is 2.42. The highest BCUT2D eigenvalue weighted by Crippen LogP contribution is 2.33. The number of rotatable bonds is 7. The first kappa shape index (κ1) is 17.8. The van der Waals surface area contributed by atoms with Crippen LogP contribution in [0, 0.1) is 0 Å². The first-order valence-corrected chi connectivity index (χ1v) is 7.62. The normalized spacial score (nSPS) is 11.9. The van der Waals surface area contributed by atoms with Crippen molar-refractivity contribution in [2.75, 3.05) is 27.8 Å². The molecular formula is C15H23BrN2O3. The van der Waals surface area contributed by atoms with Crippen LogP contribution in [0.4, 0.5) is 0 Å². The lowest BCUT2D eigenvalue weighted by Gasteiger charge is -2.21. The average Bonchev–Trinajstić information content (AvgIpc) is 2.51. The van der Waals surface area contributed by atoms with Crippen molar-refractivity contribution in [3.63, 3.8) is 0 Å². The summed E-state index contributed by atoms with van der Waals surface area (Å²) in [6.07, 6.45) is 0. The molecule has 0 saturated carbocycles. The fourth-order valence-electron chi connectivity index (χ4n) is 1.87. The largest absolute Gasteiger partial charge is 0.493 e. The van der Waals surface area contributed by atoms with Crippen LogP contribution in [0.1, 0.15) is 19.4 Å². The van der Waals surface area contributed by atoms with Crippen molar-refractivity contribution in [1.29, 1.82) is 0 Å². The summed E-state index contributed by atoms with van der Waals surface area (Å²) in [6.45, 7) is 5.08. The minimum Gasteiger partial charge on any atom is -0.493 e. The Morgan fingerprint density at radius 3 is 2.43 bits per heavy atom. The first-order valence-electron chi connectivity index (χ1n) is 6.83. The van der Waals surface area contributed by atoms with Crippen LogP contribution < -0.4 is 14.8 Å². The number of carbonyl (C=O) groups excluding carboxylic acids is 1. The van der Waals surface area contributed by atoms with E-state index in [1.54, 1.807) is 26.2 Å². The Kier molecular flexibility index (Phi) is 6.98. The molecule has 0 spiro atoms. The molecular weight excluding hydrogens is 336 g/mol. The molecule has 1 aromatic rings. The number of halogens is 1. The maximum Gasteiger partial charge on any atom is 0.239 e. The summed E-state index contributed by atoms with van der Waals surface area (Å²) in [6, 6.07) is 3.52. The van der Waals surface area contributed by atoms with E-state index in [-0.39, 0.29) is 11.9 Å². The summed E-state index contributed by atoms with van der Waals surface area (Å²) < 4.78 is 11.5. The summed E-state index contributed by atoms with van der Waals surface area (Å²) in [5.74, 6) is 1.42. The molecule has 0 fully saturated rings. The number of benzene rings is 1. The maximum atomic E-state index is 12.0. The molecule has 118 valence electrons. The molecule has 1 atom stereocenters. The van der Waals surface area contributed by atoms with E-state index in [0.717, 1.165) is 10.0 Å². The van der Waals surface area contributed by atoms with Gasteiger partial charge >= 0.3 is 0 Å². The van der Waals surface area contributed by atoms with Gasteiger partial charge in [-0.3, -0.25) is 4.79 Å². The van der Waals surface area contributed by atoms with E-state index in [2.05, 4.69) is 21.2 Å². The monoisotopic (exact) mass is 358 g/mol. The summed E-state index contributed by atoms with van der Waals surface area (Å²) in [5.41, 5.74) is 1.01. The van der Waals surface area contributed by atoms with Gasteiger partial charge in [0.05, 0.1) is 20.3 Å². The van der Waals surface area contributed by atoms with Gasteiger partial charge in [0.2, 0.25) is 5.91 Å². The zero-order chi connectivity index (χ0) is 16.0. The standard InChI is InChI=1S/C15H23BrN2O3/c1-6-18(3)15(19)10(2)17-9-11-7-13(20-4)14(21-5)8-12(11)16/h7-8,10,17H,6,9H2,1-5H3. The lowest BCUT2D eigenvalue weighted by Crippen LogP contribution is -2.42. The van der Waals surface area contributed by atoms with E-state index in [1.807, 2.05) is 26.0 Å². The molecule has 1 N–H and O–H groups in total. The van der Waals surface area contributed by atoms with Gasteiger partial charge in [0, 0.05) is 24.6 Å². The van der Waals surface area contributed by atoms with Gasteiger partial charge in [-0.25, -0.2) is 0 Å². The number of hydrogen-bond donors (Lipinski definition) is 1. The van der Waals surface area contributed by atoms with Crippen LogP contribution in [0.25, 0.3) is 0 Å². The van der Waals surface area contributed by atoms with Crippen molar-refractivity contribution in [3.05, 3.63) is 22.2 Å². The zero-order valence-electron chi connectivity index (χ0n) is 13.2. The summed E-state index contributed by atoms with van der Waals surface area (Å²) in [4.78, 5) is 13.7. The van der Waals surface area contributed by atoms with Gasteiger partial charge in [0.25, 0.3) is 0 Å². The minimum atomic E-state index is -0.241. The third kappa shape index (κ3) is 4.61. The molecule has 5 nitrogen and oxygen atoms in total. The van der Waals surface area contributed by atoms with Gasteiger partial charge < -0.3 is 19.7 Å². The molecule has 0 aliphatic carbocycles. The molecule has 1 unspecified atom stereocenters.